The van der Waals surface area contributed by atoms with Crippen LogP contribution in [0, 0.1) is 0 Å². The standard InChI is InChI=1S/C17H21NO3/c1-13(20)16-8-7-15(11-17(16)21)18(9-10-19)12-14-5-3-2-4-6-14/h2-8,11,13,19-21H,9-10,12H2,1H3. The van der Waals surface area contributed by atoms with E-state index in [2.05, 4.69) is 0 Å². The Kier molecular flexibility index (Phi) is 5.20. The Morgan fingerprint density at radius 3 is 2.38 bits per heavy atom. The zero-order chi connectivity index (χ0) is 15.2. The van der Waals surface area contributed by atoms with Crippen LogP contribution in [0.15, 0.2) is 48.5 Å². The van der Waals surface area contributed by atoms with E-state index < -0.39 is 6.10 Å². The van der Waals surface area contributed by atoms with Crippen LogP contribution in [0.1, 0.15) is 24.2 Å². The van der Waals surface area contributed by atoms with Gasteiger partial charge in [0.15, 0.2) is 0 Å². The third-order valence-electron chi connectivity index (χ3n) is 3.42. The molecule has 0 aliphatic heterocycles. The van der Waals surface area contributed by atoms with E-state index in [1.54, 1.807) is 19.1 Å². The number of aromatic hydroxyl groups is 1. The van der Waals surface area contributed by atoms with Crippen LogP contribution < -0.4 is 4.90 Å². The van der Waals surface area contributed by atoms with Crippen LogP contribution in [0.3, 0.4) is 0 Å². The molecule has 0 heterocycles. The van der Waals surface area contributed by atoms with Gasteiger partial charge in [0.1, 0.15) is 5.75 Å². The second kappa shape index (κ2) is 7.11. The Morgan fingerprint density at radius 1 is 1.10 bits per heavy atom. The minimum absolute atomic E-state index is 0.0335. The van der Waals surface area contributed by atoms with Crippen molar-refractivity contribution < 1.29 is 15.3 Å². The number of hydrogen-bond acceptors (Lipinski definition) is 4. The number of phenols is 1. The van der Waals surface area contributed by atoms with Crippen LogP contribution in [0.2, 0.25) is 0 Å². The summed E-state index contributed by atoms with van der Waals surface area (Å²) in [6, 6.07) is 15.1. The molecule has 3 N–H and O–H groups in total. The molecular formula is C17H21NO3. The molecule has 0 amide bonds. The highest BCUT2D eigenvalue weighted by Crippen LogP contribution is 2.29. The number of aliphatic hydroxyl groups excluding tert-OH is 2. The van der Waals surface area contributed by atoms with Crippen LogP contribution in [0.4, 0.5) is 5.69 Å². The van der Waals surface area contributed by atoms with Crippen molar-refractivity contribution >= 4 is 5.69 Å². The molecule has 0 aliphatic rings. The SMILES string of the molecule is CC(O)c1ccc(N(CCO)Cc2ccccc2)cc1O. The molecule has 0 aliphatic carbocycles. The van der Waals surface area contributed by atoms with Crippen molar-refractivity contribution in [2.75, 3.05) is 18.1 Å². The van der Waals surface area contributed by atoms with Gasteiger partial charge in [-0.3, -0.25) is 0 Å². The molecule has 4 heteroatoms. The second-order valence-electron chi connectivity index (χ2n) is 5.05. The predicted molar refractivity (Wildman–Crippen MR) is 83.3 cm³/mol. The van der Waals surface area contributed by atoms with Crippen LogP contribution in [0.25, 0.3) is 0 Å². The zero-order valence-electron chi connectivity index (χ0n) is 12.1. The largest absolute Gasteiger partial charge is 0.507 e. The molecule has 21 heavy (non-hydrogen) atoms. The Labute approximate surface area is 124 Å². The summed E-state index contributed by atoms with van der Waals surface area (Å²) in [6.45, 7) is 2.77. The summed E-state index contributed by atoms with van der Waals surface area (Å²) in [5.41, 5.74) is 2.45. The Morgan fingerprint density at radius 2 is 1.81 bits per heavy atom. The van der Waals surface area contributed by atoms with Gasteiger partial charge < -0.3 is 20.2 Å². The molecule has 1 unspecified atom stereocenters. The fourth-order valence-corrected chi connectivity index (χ4v) is 2.31. The second-order valence-corrected chi connectivity index (χ2v) is 5.05. The summed E-state index contributed by atoms with van der Waals surface area (Å²) in [5, 5.41) is 28.8. The third-order valence-corrected chi connectivity index (χ3v) is 3.42. The predicted octanol–water partition coefficient (Wildman–Crippen LogP) is 2.44. The highest BCUT2D eigenvalue weighted by Gasteiger charge is 2.12. The number of rotatable bonds is 6. The lowest BCUT2D eigenvalue weighted by atomic mass is 10.1. The number of anilines is 1. The number of phenolic OH excluding ortho intramolecular Hbond substituents is 1. The highest BCUT2D eigenvalue weighted by atomic mass is 16.3. The number of benzene rings is 2. The van der Waals surface area contributed by atoms with Gasteiger partial charge in [-0.15, -0.1) is 0 Å². The first-order chi connectivity index (χ1) is 10.1. The molecule has 0 radical (unpaired) electrons. The average Bonchev–Trinajstić information content (AvgIpc) is 2.47. The lowest BCUT2D eigenvalue weighted by molar-refractivity contribution is 0.195. The maximum atomic E-state index is 10.00. The van der Waals surface area contributed by atoms with E-state index in [0.29, 0.717) is 18.7 Å². The highest BCUT2D eigenvalue weighted by molar-refractivity contribution is 5.54. The van der Waals surface area contributed by atoms with Crippen LogP contribution >= 0.6 is 0 Å². The van der Waals surface area contributed by atoms with Crippen molar-refractivity contribution in [3.8, 4) is 5.75 Å². The maximum Gasteiger partial charge on any atom is 0.123 e. The van der Waals surface area contributed by atoms with Gasteiger partial charge in [0.25, 0.3) is 0 Å². The smallest absolute Gasteiger partial charge is 0.123 e. The van der Waals surface area contributed by atoms with Gasteiger partial charge in [0.05, 0.1) is 12.7 Å². The average molecular weight is 287 g/mol. The summed E-state index contributed by atoms with van der Waals surface area (Å²) in [5.74, 6) is 0.0681. The van der Waals surface area contributed by atoms with Crippen molar-refractivity contribution in [1.29, 1.82) is 0 Å². The third kappa shape index (κ3) is 3.97. The molecule has 0 bridgehead atoms. The van der Waals surface area contributed by atoms with Gasteiger partial charge in [0, 0.05) is 30.4 Å². The molecule has 0 saturated carbocycles. The van der Waals surface area contributed by atoms with E-state index in [1.165, 1.54) is 0 Å². The topological polar surface area (TPSA) is 63.9 Å². The Balaban J connectivity index is 2.24. The van der Waals surface area contributed by atoms with E-state index >= 15 is 0 Å². The minimum atomic E-state index is -0.709. The van der Waals surface area contributed by atoms with Gasteiger partial charge in [-0.05, 0) is 18.6 Å². The first kappa shape index (κ1) is 15.4. The van der Waals surface area contributed by atoms with Crippen molar-refractivity contribution in [3.05, 3.63) is 59.7 Å². The molecule has 0 fully saturated rings. The monoisotopic (exact) mass is 287 g/mol. The summed E-state index contributed by atoms with van der Waals surface area (Å²) in [7, 11) is 0. The number of nitrogens with zero attached hydrogens (tertiary/aromatic N) is 1. The van der Waals surface area contributed by atoms with Gasteiger partial charge >= 0.3 is 0 Å². The fraction of sp³-hybridized carbons (Fsp3) is 0.294. The summed E-state index contributed by atoms with van der Waals surface area (Å²) < 4.78 is 0. The van der Waals surface area contributed by atoms with Gasteiger partial charge in [-0.1, -0.05) is 36.4 Å². The van der Waals surface area contributed by atoms with E-state index in [1.807, 2.05) is 41.3 Å². The van der Waals surface area contributed by atoms with Crippen molar-refractivity contribution in [2.24, 2.45) is 0 Å². The number of aliphatic hydroxyl groups is 2. The molecule has 2 rings (SSSR count). The lowest BCUT2D eigenvalue weighted by Crippen LogP contribution is -2.26. The first-order valence-corrected chi connectivity index (χ1v) is 7.02. The lowest BCUT2D eigenvalue weighted by Gasteiger charge is -2.25. The summed E-state index contributed by atoms with van der Waals surface area (Å²) >= 11 is 0. The van der Waals surface area contributed by atoms with E-state index in [4.69, 9.17) is 0 Å². The maximum absolute atomic E-state index is 10.00. The van der Waals surface area contributed by atoms with Crippen LogP contribution in [0.5, 0.6) is 5.75 Å². The Hall–Kier alpha value is -2.04. The minimum Gasteiger partial charge on any atom is -0.507 e. The molecular weight excluding hydrogens is 266 g/mol. The van der Waals surface area contributed by atoms with E-state index in [9.17, 15) is 15.3 Å². The van der Waals surface area contributed by atoms with Crippen LogP contribution in [-0.2, 0) is 6.54 Å². The van der Waals surface area contributed by atoms with Gasteiger partial charge in [-0.2, -0.15) is 0 Å². The molecule has 2 aromatic rings. The van der Waals surface area contributed by atoms with E-state index in [0.717, 1.165) is 11.3 Å². The Bertz CT molecular complexity index is 570. The van der Waals surface area contributed by atoms with Crippen LogP contribution in [-0.4, -0.2) is 28.5 Å². The normalized spacial score (nSPS) is 12.1. The first-order valence-electron chi connectivity index (χ1n) is 7.02. The molecule has 4 nitrogen and oxygen atoms in total. The molecule has 0 saturated heterocycles. The van der Waals surface area contributed by atoms with Gasteiger partial charge in [0.2, 0.25) is 0 Å². The molecule has 1 atom stereocenters. The fourth-order valence-electron chi connectivity index (χ4n) is 2.31. The van der Waals surface area contributed by atoms with Crippen molar-refractivity contribution in [1.82, 2.24) is 0 Å². The van der Waals surface area contributed by atoms with Crippen molar-refractivity contribution in [2.45, 2.75) is 19.6 Å². The molecule has 2 aromatic carbocycles. The zero-order valence-corrected chi connectivity index (χ0v) is 12.1. The molecule has 112 valence electrons. The summed E-state index contributed by atoms with van der Waals surface area (Å²) in [4.78, 5) is 1.99. The summed E-state index contributed by atoms with van der Waals surface area (Å²) in [6.07, 6.45) is -0.709. The molecule has 0 aromatic heterocycles. The quantitative estimate of drug-likeness (QED) is 0.763. The number of hydrogen-bond donors (Lipinski definition) is 3. The van der Waals surface area contributed by atoms with Gasteiger partial charge in [-0.25, -0.2) is 0 Å². The van der Waals surface area contributed by atoms with E-state index in [-0.39, 0.29) is 12.4 Å². The molecule has 0 spiro atoms. The van der Waals surface area contributed by atoms with Crippen molar-refractivity contribution in [3.63, 3.8) is 0 Å².